The van der Waals surface area contributed by atoms with Crippen molar-refractivity contribution in [1.29, 1.82) is 0 Å². The molecule has 0 spiro atoms. The van der Waals surface area contributed by atoms with E-state index in [-0.39, 0.29) is 17.1 Å². The van der Waals surface area contributed by atoms with Crippen molar-refractivity contribution in [3.05, 3.63) is 63.7 Å². The summed E-state index contributed by atoms with van der Waals surface area (Å²) in [5.74, 6) is -0.0678. The molecule has 114 valence electrons. The largest absolute Gasteiger partial charge is 0.507 e. The highest BCUT2D eigenvalue weighted by molar-refractivity contribution is 6.08. The molecule has 0 aliphatic heterocycles. The predicted octanol–water partition coefficient (Wildman–Crippen LogP) is 2.95. The maximum atomic E-state index is 12.0. The second-order valence-electron chi connectivity index (χ2n) is 4.61. The first-order valence-electron chi connectivity index (χ1n) is 6.80. The number of allylic oxidation sites excluding steroid dienone is 1. The Hall–Kier alpha value is -2.82. The third-order valence-electron chi connectivity index (χ3n) is 2.90. The molecule has 1 heterocycles. The number of aromatic hydroxyl groups is 1. The lowest BCUT2D eigenvalue weighted by Crippen LogP contribution is -2.12. The Morgan fingerprint density at radius 2 is 2.14 bits per heavy atom. The van der Waals surface area contributed by atoms with Crippen molar-refractivity contribution in [1.82, 2.24) is 0 Å². The molecule has 0 unspecified atom stereocenters. The fraction of sp³-hybridized carbons (Fsp3) is 0.176. The van der Waals surface area contributed by atoms with Gasteiger partial charge in [-0.15, -0.1) is 0 Å². The average molecular weight is 300 g/mol. The van der Waals surface area contributed by atoms with Crippen molar-refractivity contribution >= 4 is 11.9 Å². The fourth-order valence-electron chi connectivity index (χ4n) is 1.95. The van der Waals surface area contributed by atoms with Crippen molar-refractivity contribution in [2.24, 2.45) is 0 Å². The molecule has 0 saturated heterocycles. The summed E-state index contributed by atoms with van der Waals surface area (Å²) in [6.45, 7) is 3.94. The molecule has 5 heteroatoms. The minimum Gasteiger partial charge on any atom is -0.507 e. The first-order chi connectivity index (χ1) is 10.5. The minimum atomic E-state index is -0.852. The van der Waals surface area contributed by atoms with Gasteiger partial charge in [0.05, 0.1) is 6.61 Å². The molecule has 2 rings (SSSR count). The van der Waals surface area contributed by atoms with E-state index >= 15 is 0 Å². The molecule has 0 amide bonds. The molecule has 1 aromatic carbocycles. The maximum absolute atomic E-state index is 12.0. The van der Waals surface area contributed by atoms with E-state index in [0.29, 0.717) is 12.4 Å². The maximum Gasteiger partial charge on any atom is 0.351 e. The first-order valence-corrected chi connectivity index (χ1v) is 6.80. The van der Waals surface area contributed by atoms with E-state index in [0.717, 1.165) is 5.56 Å². The van der Waals surface area contributed by atoms with Crippen molar-refractivity contribution < 1.29 is 19.1 Å². The highest BCUT2D eigenvalue weighted by atomic mass is 16.5. The van der Waals surface area contributed by atoms with Gasteiger partial charge < -0.3 is 14.3 Å². The zero-order valence-corrected chi connectivity index (χ0v) is 12.3. The zero-order valence-electron chi connectivity index (χ0n) is 12.3. The van der Waals surface area contributed by atoms with Gasteiger partial charge in [0.1, 0.15) is 22.8 Å². The highest BCUT2D eigenvalue weighted by Crippen LogP contribution is 2.17. The van der Waals surface area contributed by atoms with Crippen LogP contribution in [-0.2, 0) is 0 Å². The summed E-state index contributed by atoms with van der Waals surface area (Å²) in [5, 5.41) is 9.72. The number of carbonyl (C=O) groups excluding carboxylic acids is 1. The summed E-state index contributed by atoms with van der Waals surface area (Å²) in [4.78, 5) is 23.7. The topological polar surface area (TPSA) is 76.7 Å². The summed E-state index contributed by atoms with van der Waals surface area (Å²) in [5.41, 5.74) is -0.478. The van der Waals surface area contributed by atoms with Gasteiger partial charge in [-0.05, 0) is 37.6 Å². The Balaban J connectivity index is 2.25. The van der Waals surface area contributed by atoms with Gasteiger partial charge in [-0.3, -0.25) is 4.79 Å². The van der Waals surface area contributed by atoms with Crippen LogP contribution in [0.5, 0.6) is 11.5 Å². The van der Waals surface area contributed by atoms with Gasteiger partial charge in [0, 0.05) is 6.07 Å². The van der Waals surface area contributed by atoms with Crippen molar-refractivity contribution in [3.8, 4) is 11.5 Å². The molecule has 0 bridgehead atoms. The van der Waals surface area contributed by atoms with Crippen LogP contribution in [0, 0.1) is 6.92 Å². The van der Waals surface area contributed by atoms with Gasteiger partial charge in [0.2, 0.25) is 0 Å². The second kappa shape index (κ2) is 6.76. The van der Waals surface area contributed by atoms with Crippen LogP contribution in [0.15, 0.2) is 45.6 Å². The molecule has 0 aliphatic carbocycles. The summed E-state index contributed by atoms with van der Waals surface area (Å²) < 4.78 is 10.2. The molecule has 1 aromatic heterocycles. The molecular formula is C17H16O5. The van der Waals surface area contributed by atoms with Crippen LogP contribution in [0.4, 0.5) is 0 Å². The van der Waals surface area contributed by atoms with Crippen LogP contribution in [0.1, 0.15) is 28.6 Å². The number of hydrogen-bond acceptors (Lipinski definition) is 5. The van der Waals surface area contributed by atoms with E-state index in [1.54, 1.807) is 24.3 Å². The van der Waals surface area contributed by atoms with E-state index in [9.17, 15) is 14.7 Å². The standard InChI is InChI=1S/C17H16O5/c1-3-21-13-6-4-5-12(10-13)7-8-14(18)16-15(19)9-11(2)22-17(16)20/h4-10,19H,3H2,1-2H3/b8-7+. The number of ketones is 1. The highest BCUT2D eigenvalue weighted by Gasteiger charge is 2.15. The summed E-state index contributed by atoms with van der Waals surface area (Å²) in [6.07, 6.45) is 2.76. The number of rotatable bonds is 5. The van der Waals surface area contributed by atoms with Crippen LogP contribution < -0.4 is 10.4 Å². The van der Waals surface area contributed by atoms with Crippen LogP contribution in [-0.4, -0.2) is 17.5 Å². The molecule has 0 fully saturated rings. The lowest BCUT2D eigenvalue weighted by molar-refractivity contribution is 0.104. The quantitative estimate of drug-likeness (QED) is 0.678. The number of benzene rings is 1. The average Bonchev–Trinajstić information content (AvgIpc) is 2.45. The second-order valence-corrected chi connectivity index (χ2v) is 4.61. The normalized spacial score (nSPS) is 10.8. The fourth-order valence-corrected chi connectivity index (χ4v) is 1.95. The van der Waals surface area contributed by atoms with Crippen molar-refractivity contribution in [3.63, 3.8) is 0 Å². The first kappa shape index (κ1) is 15.6. The summed E-state index contributed by atoms with van der Waals surface area (Å²) in [7, 11) is 0. The van der Waals surface area contributed by atoms with E-state index < -0.39 is 11.4 Å². The van der Waals surface area contributed by atoms with Gasteiger partial charge in [-0.1, -0.05) is 18.2 Å². The molecule has 2 aromatic rings. The molecule has 1 N–H and O–H groups in total. The number of ether oxygens (including phenoxy) is 1. The van der Waals surface area contributed by atoms with Crippen LogP contribution in [0.3, 0.4) is 0 Å². The van der Waals surface area contributed by atoms with Gasteiger partial charge in [0.15, 0.2) is 5.78 Å². The van der Waals surface area contributed by atoms with Crippen LogP contribution in [0.25, 0.3) is 6.08 Å². The molecule has 22 heavy (non-hydrogen) atoms. The smallest absolute Gasteiger partial charge is 0.351 e. The summed E-state index contributed by atoms with van der Waals surface area (Å²) >= 11 is 0. The summed E-state index contributed by atoms with van der Waals surface area (Å²) in [6, 6.07) is 8.41. The minimum absolute atomic E-state index is 0.243. The lowest BCUT2D eigenvalue weighted by atomic mass is 10.1. The number of hydrogen-bond donors (Lipinski definition) is 1. The lowest BCUT2D eigenvalue weighted by Gasteiger charge is -2.03. The molecular weight excluding hydrogens is 284 g/mol. The molecule has 5 nitrogen and oxygen atoms in total. The Labute approximate surface area is 127 Å². The zero-order chi connectivity index (χ0) is 16.1. The Bertz CT molecular complexity index is 771. The van der Waals surface area contributed by atoms with E-state index in [4.69, 9.17) is 9.15 Å². The Morgan fingerprint density at radius 1 is 1.36 bits per heavy atom. The van der Waals surface area contributed by atoms with Gasteiger partial charge in [0.25, 0.3) is 0 Å². The van der Waals surface area contributed by atoms with Gasteiger partial charge >= 0.3 is 5.63 Å². The van der Waals surface area contributed by atoms with Gasteiger partial charge in [-0.2, -0.15) is 0 Å². The molecule has 0 atom stereocenters. The Kier molecular flexibility index (Phi) is 4.78. The SMILES string of the molecule is CCOc1cccc(/C=C/C(=O)c2c(O)cc(C)oc2=O)c1. The third kappa shape index (κ3) is 3.63. The van der Waals surface area contributed by atoms with E-state index in [1.807, 2.05) is 13.0 Å². The van der Waals surface area contributed by atoms with Crippen molar-refractivity contribution in [2.75, 3.05) is 6.61 Å². The molecule has 0 radical (unpaired) electrons. The number of carbonyl (C=O) groups is 1. The monoisotopic (exact) mass is 300 g/mol. The van der Waals surface area contributed by atoms with Crippen LogP contribution in [0.2, 0.25) is 0 Å². The molecule has 0 saturated carbocycles. The number of aryl methyl sites for hydroxylation is 1. The van der Waals surface area contributed by atoms with Crippen molar-refractivity contribution in [2.45, 2.75) is 13.8 Å². The predicted molar refractivity (Wildman–Crippen MR) is 82.4 cm³/mol. The Morgan fingerprint density at radius 3 is 2.82 bits per heavy atom. The van der Waals surface area contributed by atoms with Gasteiger partial charge in [-0.25, -0.2) is 4.79 Å². The third-order valence-corrected chi connectivity index (χ3v) is 2.90. The van der Waals surface area contributed by atoms with E-state index in [2.05, 4.69) is 0 Å². The molecule has 0 aliphatic rings. The van der Waals surface area contributed by atoms with Crippen LogP contribution >= 0.6 is 0 Å². The van der Waals surface area contributed by atoms with E-state index in [1.165, 1.54) is 19.1 Å².